The van der Waals surface area contributed by atoms with Gasteiger partial charge in [-0.3, -0.25) is 0 Å². The van der Waals surface area contributed by atoms with Crippen molar-refractivity contribution in [1.82, 2.24) is 14.6 Å². The third-order valence-electron chi connectivity index (χ3n) is 1.83. The number of rotatable bonds is 2. The lowest BCUT2D eigenvalue weighted by Crippen LogP contribution is -2.14. The summed E-state index contributed by atoms with van der Waals surface area (Å²) in [6.07, 6.45) is 3.47. The van der Waals surface area contributed by atoms with E-state index < -0.39 is 6.04 Å². The maximum absolute atomic E-state index is 8.82. The first-order chi connectivity index (χ1) is 6.31. The van der Waals surface area contributed by atoms with Crippen molar-refractivity contribution in [2.45, 2.75) is 6.04 Å². The summed E-state index contributed by atoms with van der Waals surface area (Å²) in [6.45, 7) is -0.107. The first kappa shape index (κ1) is 8.15. The number of aliphatic hydroxyl groups is 1. The van der Waals surface area contributed by atoms with Crippen molar-refractivity contribution in [2.24, 2.45) is 5.73 Å². The van der Waals surface area contributed by atoms with Gasteiger partial charge in [0.15, 0.2) is 5.65 Å². The van der Waals surface area contributed by atoms with Gasteiger partial charge < -0.3 is 10.8 Å². The van der Waals surface area contributed by atoms with Crippen molar-refractivity contribution in [3.63, 3.8) is 0 Å². The van der Waals surface area contributed by atoms with Crippen molar-refractivity contribution in [3.8, 4) is 0 Å². The zero-order chi connectivity index (χ0) is 9.26. The van der Waals surface area contributed by atoms with Crippen molar-refractivity contribution >= 4 is 5.65 Å². The molecule has 3 N–H and O–H groups in total. The van der Waals surface area contributed by atoms with E-state index >= 15 is 0 Å². The van der Waals surface area contributed by atoms with Crippen LogP contribution in [-0.2, 0) is 0 Å². The Balaban J connectivity index is 2.49. The molecule has 13 heavy (non-hydrogen) atoms. The summed E-state index contributed by atoms with van der Waals surface area (Å²) in [5.41, 5.74) is 7.00. The maximum Gasteiger partial charge on any atom is 0.155 e. The third-order valence-corrected chi connectivity index (χ3v) is 1.83. The van der Waals surface area contributed by atoms with Gasteiger partial charge in [-0.1, -0.05) is 0 Å². The molecule has 0 amide bonds. The Labute approximate surface area is 74.8 Å². The molecule has 0 spiro atoms. The smallest absolute Gasteiger partial charge is 0.155 e. The molecule has 2 heterocycles. The molecule has 5 nitrogen and oxygen atoms in total. The molecule has 0 radical (unpaired) electrons. The minimum Gasteiger partial charge on any atom is -0.394 e. The zero-order valence-corrected chi connectivity index (χ0v) is 6.96. The Morgan fingerprint density at radius 1 is 1.62 bits per heavy atom. The van der Waals surface area contributed by atoms with Crippen molar-refractivity contribution < 1.29 is 5.11 Å². The van der Waals surface area contributed by atoms with E-state index in [4.69, 9.17) is 10.8 Å². The Hall–Kier alpha value is -1.46. The van der Waals surface area contributed by atoms with Gasteiger partial charge in [-0.05, 0) is 6.07 Å². The second kappa shape index (κ2) is 3.12. The van der Waals surface area contributed by atoms with E-state index in [1.807, 2.05) is 0 Å². The minimum atomic E-state index is -0.429. The predicted molar refractivity (Wildman–Crippen MR) is 47.0 cm³/mol. The number of fused-ring (bicyclic) bond motifs is 1. The average Bonchev–Trinajstić information content (AvgIpc) is 2.59. The molecular formula is C8H10N4O. The molecule has 2 rings (SSSR count). The fourth-order valence-corrected chi connectivity index (χ4v) is 1.12. The Kier molecular flexibility index (Phi) is 1.96. The van der Waals surface area contributed by atoms with E-state index in [1.165, 1.54) is 0 Å². The molecule has 0 fully saturated rings. The summed E-state index contributed by atoms with van der Waals surface area (Å²) >= 11 is 0. The molecular weight excluding hydrogens is 168 g/mol. The van der Waals surface area contributed by atoms with Crippen LogP contribution in [-0.4, -0.2) is 26.3 Å². The first-order valence-corrected chi connectivity index (χ1v) is 3.98. The number of hydrogen-bond donors (Lipinski definition) is 2. The van der Waals surface area contributed by atoms with Gasteiger partial charge in [0.2, 0.25) is 0 Å². The molecule has 0 aliphatic heterocycles. The van der Waals surface area contributed by atoms with Gasteiger partial charge in [0.1, 0.15) is 0 Å². The quantitative estimate of drug-likeness (QED) is 0.663. The summed E-state index contributed by atoms with van der Waals surface area (Å²) in [5.74, 6) is 0. The van der Waals surface area contributed by atoms with Crippen LogP contribution in [0.25, 0.3) is 5.65 Å². The fraction of sp³-hybridized carbons (Fsp3) is 0.250. The first-order valence-electron chi connectivity index (χ1n) is 3.98. The molecule has 2 aromatic rings. The van der Waals surface area contributed by atoms with Crippen LogP contribution in [0.4, 0.5) is 0 Å². The Bertz CT molecular complexity index is 378. The highest BCUT2D eigenvalue weighted by molar-refractivity contribution is 5.38. The van der Waals surface area contributed by atoms with Crippen molar-refractivity contribution in [1.29, 1.82) is 0 Å². The zero-order valence-electron chi connectivity index (χ0n) is 6.96. The highest BCUT2D eigenvalue weighted by Crippen LogP contribution is 2.09. The Morgan fingerprint density at radius 2 is 2.46 bits per heavy atom. The number of aromatic nitrogens is 3. The van der Waals surface area contributed by atoms with Crippen LogP contribution in [0.2, 0.25) is 0 Å². The van der Waals surface area contributed by atoms with Gasteiger partial charge in [-0.25, -0.2) is 9.50 Å². The topological polar surface area (TPSA) is 76.4 Å². The van der Waals surface area contributed by atoms with E-state index in [0.29, 0.717) is 5.69 Å². The van der Waals surface area contributed by atoms with Crippen molar-refractivity contribution in [3.05, 3.63) is 30.2 Å². The van der Waals surface area contributed by atoms with Gasteiger partial charge >= 0.3 is 0 Å². The van der Waals surface area contributed by atoms with Gasteiger partial charge in [0, 0.05) is 18.5 Å². The molecule has 0 bridgehead atoms. The molecule has 0 aliphatic rings. The summed E-state index contributed by atoms with van der Waals surface area (Å²) in [5, 5.41) is 13.0. The summed E-state index contributed by atoms with van der Waals surface area (Å²) in [4.78, 5) is 4.08. The molecule has 2 aromatic heterocycles. The summed E-state index contributed by atoms with van der Waals surface area (Å²) < 4.78 is 1.63. The average molecular weight is 178 g/mol. The molecule has 1 atom stereocenters. The molecule has 68 valence electrons. The normalized spacial score (nSPS) is 13.4. The molecule has 0 unspecified atom stereocenters. The minimum absolute atomic E-state index is 0.107. The number of hydrogen-bond acceptors (Lipinski definition) is 4. The number of nitrogens with two attached hydrogens (primary N) is 1. The van der Waals surface area contributed by atoms with Crippen LogP contribution < -0.4 is 5.73 Å². The second-order valence-electron chi connectivity index (χ2n) is 2.78. The highest BCUT2D eigenvalue weighted by Gasteiger charge is 2.08. The molecule has 0 saturated heterocycles. The highest BCUT2D eigenvalue weighted by atomic mass is 16.3. The van der Waals surface area contributed by atoms with Crippen LogP contribution in [0.1, 0.15) is 11.7 Å². The van der Waals surface area contributed by atoms with Crippen LogP contribution in [0.3, 0.4) is 0 Å². The van der Waals surface area contributed by atoms with E-state index in [-0.39, 0.29) is 6.61 Å². The number of nitrogens with zero attached hydrogens (tertiary/aromatic N) is 3. The van der Waals surface area contributed by atoms with Gasteiger partial charge in [0.25, 0.3) is 0 Å². The predicted octanol–water partition coefficient (Wildman–Crippen LogP) is -0.279. The molecule has 0 aliphatic carbocycles. The molecule has 5 heteroatoms. The van der Waals surface area contributed by atoms with E-state index in [9.17, 15) is 0 Å². The monoisotopic (exact) mass is 178 g/mol. The standard InChI is InChI=1S/C8H10N4O/c9-6(5-13)7-4-8-10-2-1-3-12(8)11-7/h1-4,6,13H,5,9H2/t6-/m1/s1. The maximum atomic E-state index is 8.82. The van der Waals surface area contributed by atoms with Crippen LogP contribution in [0.5, 0.6) is 0 Å². The SMILES string of the molecule is N[C@H](CO)c1cc2ncccn2n1. The van der Waals surface area contributed by atoms with Gasteiger partial charge in [0.05, 0.1) is 18.3 Å². The third kappa shape index (κ3) is 1.39. The Morgan fingerprint density at radius 3 is 3.15 bits per heavy atom. The summed E-state index contributed by atoms with van der Waals surface area (Å²) in [6, 6.07) is 3.12. The molecule has 0 saturated carbocycles. The van der Waals surface area contributed by atoms with E-state index in [2.05, 4.69) is 10.1 Å². The molecule has 0 aromatic carbocycles. The van der Waals surface area contributed by atoms with Gasteiger partial charge in [-0.2, -0.15) is 5.10 Å². The summed E-state index contributed by atoms with van der Waals surface area (Å²) in [7, 11) is 0. The van der Waals surface area contributed by atoms with Crippen LogP contribution in [0.15, 0.2) is 24.5 Å². The number of aliphatic hydroxyl groups excluding tert-OH is 1. The van der Waals surface area contributed by atoms with E-state index in [0.717, 1.165) is 5.65 Å². The lowest BCUT2D eigenvalue weighted by atomic mass is 10.2. The van der Waals surface area contributed by atoms with Gasteiger partial charge in [-0.15, -0.1) is 0 Å². The van der Waals surface area contributed by atoms with Crippen molar-refractivity contribution in [2.75, 3.05) is 6.61 Å². The fourth-order valence-electron chi connectivity index (χ4n) is 1.12. The largest absolute Gasteiger partial charge is 0.394 e. The van der Waals surface area contributed by atoms with Crippen LogP contribution in [0, 0.1) is 0 Å². The second-order valence-corrected chi connectivity index (χ2v) is 2.78. The lowest BCUT2D eigenvalue weighted by molar-refractivity contribution is 0.265. The lowest BCUT2D eigenvalue weighted by Gasteiger charge is -2.00. The van der Waals surface area contributed by atoms with Crippen LogP contribution >= 0.6 is 0 Å². The van der Waals surface area contributed by atoms with E-state index in [1.54, 1.807) is 29.0 Å².